The number of nitrogens with zero attached hydrogens (tertiary/aromatic N) is 2. The molecule has 1 N–H and O–H groups in total. The molecule has 1 fully saturated rings. The van der Waals surface area contributed by atoms with E-state index in [1.807, 2.05) is 32.1 Å². The third-order valence-corrected chi connectivity index (χ3v) is 7.95. The van der Waals surface area contributed by atoms with Crippen molar-refractivity contribution in [2.75, 3.05) is 13.7 Å². The summed E-state index contributed by atoms with van der Waals surface area (Å²) in [6, 6.07) is 0.234. The van der Waals surface area contributed by atoms with Gasteiger partial charge in [-0.15, -0.1) is 0 Å². The normalized spacial score (nSPS) is 23.7. The number of aromatic nitrogens is 1. The molecular formula is C29H33F2N3O5. The van der Waals surface area contributed by atoms with E-state index in [0.29, 0.717) is 17.7 Å². The van der Waals surface area contributed by atoms with Gasteiger partial charge in [0.2, 0.25) is 5.91 Å². The molecule has 1 aromatic heterocycles. The van der Waals surface area contributed by atoms with Crippen LogP contribution in [0.15, 0.2) is 40.9 Å². The molecule has 2 amide bonds. The highest BCUT2D eigenvalue weighted by atomic mass is 19.2. The summed E-state index contributed by atoms with van der Waals surface area (Å²) in [5.74, 6) is -2.68. The van der Waals surface area contributed by atoms with E-state index in [4.69, 9.17) is 9.47 Å². The number of hydrogen-bond donors (Lipinski definition) is 1. The summed E-state index contributed by atoms with van der Waals surface area (Å²) in [6.45, 7) is 9.35. The number of aromatic amines is 1. The standard InChI is InChI=1S/C29H33F2N3O5/c1-28(2,3)39-27(37)34-21-10-8-7-9-17(21)29(4,5)24(34)26(36)33(6)22-14-38-13-20-23(22)15-11-18(30)19(31)12-16(15)25(35)32-20/h7-8,10-12,17,22,24H,9,13-14H2,1-6H3,(H,32,35). The van der Waals surface area contributed by atoms with Crippen molar-refractivity contribution in [3.63, 3.8) is 0 Å². The Bertz CT molecular complexity index is 1490. The van der Waals surface area contributed by atoms with Gasteiger partial charge in [-0.2, -0.15) is 0 Å². The molecule has 1 saturated heterocycles. The van der Waals surface area contributed by atoms with Gasteiger partial charge in [-0.25, -0.2) is 13.6 Å². The topological polar surface area (TPSA) is 91.9 Å². The lowest BCUT2D eigenvalue weighted by Gasteiger charge is -2.40. The van der Waals surface area contributed by atoms with Crippen LogP contribution in [0.4, 0.5) is 13.6 Å². The number of H-pyrrole nitrogens is 1. The predicted octanol–water partition coefficient (Wildman–Crippen LogP) is 4.94. The van der Waals surface area contributed by atoms with Crippen molar-refractivity contribution >= 4 is 22.8 Å². The fraction of sp³-hybridized carbons (Fsp3) is 0.483. The fourth-order valence-electron chi connectivity index (χ4n) is 6.07. The highest BCUT2D eigenvalue weighted by Crippen LogP contribution is 2.52. The van der Waals surface area contributed by atoms with Gasteiger partial charge >= 0.3 is 6.09 Å². The van der Waals surface area contributed by atoms with Crippen molar-refractivity contribution in [1.82, 2.24) is 14.8 Å². The zero-order valence-corrected chi connectivity index (χ0v) is 22.9. The molecule has 0 saturated carbocycles. The first-order chi connectivity index (χ1) is 18.2. The van der Waals surface area contributed by atoms with Crippen LogP contribution in [-0.4, -0.2) is 52.1 Å². The minimum atomic E-state index is -1.13. The number of halogens is 2. The summed E-state index contributed by atoms with van der Waals surface area (Å²) in [4.78, 5) is 46.2. The van der Waals surface area contributed by atoms with Crippen molar-refractivity contribution < 1.29 is 27.8 Å². The molecule has 0 spiro atoms. The molecule has 3 heterocycles. The molecule has 3 aliphatic rings. The lowest BCUT2D eigenvalue weighted by molar-refractivity contribution is -0.141. The maximum Gasteiger partial charge on any atom is 0.415 e. The van der Waals surface area contributed by atoms with Gasteiger partial charge in [-0.1, -0.05) is 26.0 Å². The van der Waals surface area contributed by atoms with Gasteiger partial charge in [0.05, 0.1) is 24.6 Å². The number of hydrogen-bond acceptors (Lipinski definition) is 5. The summed E-state index contributed by atoms with van der Waals surface area (Å²) in [5.41, 5.74) is -0.398. The predicted molar refractivity (Wildman–Crippen MR) is 141 cm³/mol. The smallest absolute Gasteiger partial charge is 0.415 e. The van der Waals surface area contributed by atoms with Crippen molar-refractivity contribution in [1.29, 1.82) is 0 Å². The molecule has 2 aromatic rings. The van der Waals surface area contributed by atoms with Gasteiger partial charge in [0.15, 0.2) is 11.6 Å². The molecule has 39 heavy (non-hydrogen) atoms. The van der Waals surface area contributed by atoms with E-state index in [0.717, 1.165) is 17.8 Å². The maximum absolute atomic E-state index is 14.4. The van der Waals surface area contributed by atoms with E-state index in [1.165, 1.54) is 9.80 Å². The van der Waals surface area contributed by atoms with E-state index in [-0.39, 0.29) is 35.8 Å². The minimum absolute atomic E-state index is 0.0146. The number of carbonyl (C=O) groups is 2. The van der Waals surface area contributed by atoms with Gasteiger partial charge in [-0.05, 0) is 50.8 Å². The van der Waals surface area contributed by atoms with Crippen molar-refractivity contribution in [2.45, 2.75) is 65.3 Å². The highest BCUT2D eigenvalue weighted by Gasteiger charge is 2.58. The molecule has 10 heteroatoms. The summed E-state index contributed by atoms with van der Waals surface area (Å²) >= 11 is 0. The number of carbonyl (C=O) groups excluding carboxylic acids is 2. The molecule has 8 nitrogen and oxygen atoms in total. The Kier molecular flexibility index (Phi) is 6.44. The van der Waals surface area contributed by atoms with Gasteiger partial charge in [-0.3, -0.25) is 14.5 Å². The number of fused-ring (bicyclic) bond motifs is 4. The fourth-order valence-corrected chi connectivity index (χ4v) is 6.07. The van der Waals surface area contributed by atoms with E-state index in [1.54, 1.807) is 27.8 Å². The van der Waals surface area contributed by atoms with Crippen molar-refractivity contribution in [3.8, 4) is 0 Å². The number of likely N-dealkylation sites (N-methyl/N-ethyl adjacent to an activating group) is 1. The van der Waals surface area contributed by atoms with E-state index in [9.17, 15) is 23.2 Å². The van der Waals surface area contributed by atoms with Gasteiger partial charge < -0.3 is 19.4 Å². The lowest BCUT2D eigenvalue weighted by Crippen LogP contribution is -2.53. The van der Waals surface area contributed by atoms with Gasteiger partial charge in [0.25, 0.3) is 5.56 Å². The Hall–Kier alpha value is -3.53. The molecule has 3 atom stereocenters. The summed E-state index contributed by atoms with van der Waals surface area (Å²) in [7, 11) is 1.60. The van der Waals surface area contributed by atoms with Crippen molar-refractivity contribution in [2.24, 2.45) is 11.3 Å². The molecule has 3 unspecified atom stereocenters. The first-order valence-electron chi connectivity index (χ1n) is 13.0. The van der Waals surface area contributed by atoms with Crippen LogP contribution in [0, 0.1) is 23.0 Å². The maximum atomic E-state index is 14.4. The molecule has 0 bridgehead atoms. The van der Waals surface area contributed by atoms with Crippen LogP contribution in [0.2, 0.25) is 0 Å². The third-order valence-electron chi connectivity index (χ3n) is 7.95. The van der Waals surface area contributed by atoms with Crippen LogP contribution < -0.4 is 5.56 Å². The first-order valence-corrected chi connectivity index (χ1v) is 13.0. The van der Waals surface area contributed by atoms with Crippen LogP contribution in [0.1, 0.15) is 58.3 Å². The third kappa shape index (κ3) is 4.44. The number of benzene rings is 1. The monoisotopic (exact) mass is 541 g/mol. The average Bonchev–Trinajstić information content (AvgIpc) is 3.10. The Morgan fingerprint density at radius 2 is 1.85 bits per heavy atom. The van der Waals surface area contributed by atoms with Crippen LogP contribution in [0.5, 0.6) is 0 Å². The number of ether oxygens (including phenoxy) is 2. The molecule has 208 valence electrons. The zero-order valence-electron chi connectivity index (χ0n) is 22.9. The van der Waals surface area contributed by atoms with Crippen LogP contribution in [0.25, 0.3) is 10.8 Å². The van der Waals surface area contributed by atoms with Crippen molar-refractivity contribution in [3.05, 3.63) is 69.3 Å². The quantitative estimate of drug-likeness (QED) is 0.582. The average molecular weight is 542 g/mol. The number of nitrogens with one attached hydrogen (secondary N) is 1. The Balaban J connectivity index is 1.60. The lowest BCUT2D eigenvalue weighted by atomic mass is 9.72. The number of likely N-dealkylation sites (tertiary alicyclic amines) is 1. The van der Waals surface area contributed by atoms with Crippen LogP contribution >= 0.6 is 0 Å². The van der Waals surface area contributed by atoms with E-state index < -0.39 is 46.4 Å². The molecule has 2 aliphatic heterocycles. The second-order valence-corrected chi connectivity index (χ2v) is 12.0. The SMILES string of the molecule is CN(C(=O)C1N(C(=O)OC(C)(C)C)C2=CC=CCC2C1(C)C)C1COCc2[nH]c(=O)c3cc(F)c(F)cc3c21. The molecule has 1 aromatic carbocycles. The van der Waals surface area contributed by atoms with Crippen LogP contribution in [-0.2, 0) is 20.9 Å². The molecular weight excluding hydrogens is 508 g/mol. The summed E-state index contributed by atoms with van der Waals surface area (Å²) < 4.78 is 39.9. The Labute approximate surface area is 225 Å². The zero-order chi connectivity index (χ0) is 28.4. The number of pyridine rings is 1. The van der Waals surface area contributed by atoms with Gasteiger partial charge in [0.1, 0.15) is 11.6 Å². The summed E-state index contributed by atoms with van der Waals surface area (Å²) in [6.07, 6.45) is 5.79. The number of amides is 2. The number of rotatable bonds is 2. The van der Waals surface area contributed by atoms with E-state index in [2.05, 4.69) is 4.98 Å². The van der Waals surface area contributed by atoms with Gasteiger partial charge in [0, 0.05) is 35.3 Å². The molecule has 0 radical (unpaired) electrons. The second kappa shape index (κ2) is 9.29. The molecule has 5 rings (SSSR count). The largest absolute Gasteiger partial charge is 0.443 e. The summed E-state index contributed by atoms with van der Waals surface area (Å²) in [5, 5.41) is 0.204. The highest BCUT2D eigenvalue weighted by molar-refractivity contribution is 5.91. The number of allylic oxidation sites excluding steroid dienone is 4. The van der Waals surface area contributed by atoms with E-state index >= 15 is 0 Å². The minimum Gasteiger partial charge on any atom is -0.443 e. The van der Waals surface area contributed by atoms with Crippen LogP contribution in [0.3, 0.4) is 0 Å². The Morgan fingerprint density at radius 3 is 2.51 bits per heavy atom. The Morgan fingerprint density at radius 1 is 1.18 bits per heavy atom. The second-order valence-electron chi connectivity index (χ2n) is 12.0. The first kappa shape index (κ1) is 27.1. The molecule has 1 aliphatic carbocycles.